The minimum atomic E-state index is -0.724. The molecule has 4 rings (SSSR count). The number of rotatable bonds is 2. The van der Waals surface area contributed by atoms with Crippen LogP contribution in [0.4, 0.5) is 0 Å². The number of hydrogen-bond donors (Lipinski definition) is 1. The van der Waals surface area contributed by atoms with E-state index in [9.17, 15) is 19.5 Å². The van der Waals surface area contributed by atoms with E-state index in [1.165, 1.54) is 0 Å². The summed E-state index contributed by atoms with van der Waals surface area (Å²) in [6, 6.07) is 0. The highest BCUT2D eigenvalue weighted by molar-refractivity contribution is 5.98. The predicted octanol–water partition coefficient (Wildman–Crippen LogP) is 5.06. The van der Waals surface area contributed by atoms with Gasteiger partial charge in [0, 0.05) is 17.8 Å². The van der Waals surface area contributed by atoms with E-state index in [-0.39, 0.29) is 51.5 Å². The van der Waals surface area contributed by atoms with E-state index in [2.05, 4.69) is 20.8 Å². The third-order valence-corrected chi connectivity index (χ3v) is 10.4. The molecule has 0 bridgehead atoms. The van der Waals surface area contributed by atoms with Crippen molar-refractivity contribution in [2.24, 2.45) is 45.3 Å². The molecule has 0 aromatic rings. The number of hydrogen-bond acceptors (Lipinski definition) is 3. The summed E-state index contributed by atoms with van der Waals surface area (Å²) < 4.78 is 0. The van der Waals surface area contributed by atoms with Gasteiger partial charge >= 0.3 is 5.97 Å². The smallest absolute Gasteiger partial charge is 0.306 e. The van der Waals surface area contributed by atoms with Crippen LogP contribution in [0.3, 0.4) is 0 Å². The Morgan fingerprint density at radius 2 is 1.69 bits per heavy atom. The molecule has 29 heavy (non-hydrogen) atoms. The molecule has 4 aliphatic rings. The molecule has 3 fully saturated rings. The third-order valence-electron chi connectivity index (χ3n) is 10.4. The molecule has 0 heterocycles. The molecule has 4 nitrogen and oxygen atoms in total. The zero-order chi connectivity index (χ0) is 21.6. The Morgan fingerprint density at radius 1 is 1.03 bits per heavy atom. The molecule has 0 saturated heterocycles. The van der Waals surface area contributed by atoms with Crippen molar-refractivity contribution in [1.82, 2.24) is 0 Å². The average molecular weight is 401 g/mol. The molecule has 0 aliphatic heterocycles. The number of Topliss-reactive ketones (excluding diaryl/α,β-unsaturated/α-hetero) is 1. The number of allylic oxidation sites excluding steroid dienone is 2. The second kappa shape index (κ2) is 6.04. The molecule has 1 N–H and O–H groups in total. The van der Waals surface area contributed by atoms with Crippen molar-refractivity contribution in [3.8, 4) is 0 Å². The summed E-state index contributed by atoms with van der Waals surface area (Å²) in [5.41, 5.74) is 0.0202. The van der Waals surface area contributed by atoms with Crippen LogP contribution in [0, 0.1) is 45.3 Å². The molecule has 0 radical (unpaired) electrons. The third kappa shape index (κ3) is 2.41. The maximum absolute atomic E-state index is 13.7. The molecular formula is C25H36O4. The highest BCUT2D eigenvalue weighted by atomic mass is 16.4. The van der Waals surface area contributed by atoms with Crippen molar-refractivity contribution in [1.29, 1.82) is 0 Å². The first-order valence-corrected chi connectivity index (χ1v) is 11.3. The van der Waals surface area contributed by atoms with Crippen molar-refractivity contribution in [2.45, 2.75) is 80.1 Å². The topological polar surface area (TPSA) is 71.4 Å². The average Bonchev–Trinajstić information content (AvgIpc) is 2.89. The molecule has 4 heteroatoms. The summed E-state index contributed by atoms with van der Waals surface area (Å²) in [6.07, 6.45) is 6.96. The fraction of sp³-hybridized carbons (Fsp3) is 0.800. The molecule has 160 valence electrons. The van der Waals surface area contributed by atoms with E-state index >= 15 is 0 Å². The second-order valence-corrected chi connectivity index (χ2v) is 11.7. The van der Waals surface area contributed by atoms with Crippen LogP contribution in [0.25, 0.3) is 0 Å². The van der Waals surface area contributed by atoms with E-state index in [0.29, 0.717) is 6.42 Å². The lowest BCUT2D eigenvalue weighted by Crippen LogP contribution is -2.61. The first kappa shape index (κ1) is 20.8. The highest BCUT2D eigenvalue weighted by Gasteiger charge is 2.69. The zero-order valence-corrected chi connectivity index (χ0v) is 18.8. The summed E-state index contributed by atoms with van der Waals surface area (Å²) in [7, 11) is 0. The van der Waals surface area contributed by atoms with Gasteiger partial charge in [0.1, 0.15) is 5.78 Å². The Balaban J connectivity index is 1.82. The normalized spacial score (nSPS) is 47.0. The lowest BCUT2D eigenvalue weighted by atomic mass is 9.39. The van der Waals surface area contributed by atoms with Gasteiger partial charge in [0.05, 0.1) is 5.92 Å². The number of carbonyl (C=O) groups excluding carboxylic acids is 2. The number of carbonyl (C=O) groups is 3. The lowest BCUT2D eigenvalue weighted by molar-refractivity contribution is -0.166. The largest absolute Gasteiger partial charge is 0.481 e. The van der Waals surface area contributed by atoms with Gasteiger partial charge in [-0.15, -0.1) is 0 Å². The first-order valence-electron chi connectivity index (χ1n) is 11.3. The fourth-order valence-electron chi connectivity index (χ4n) is 8.36. The maximum Gasteiger partial charge on any atom is 0.306 e. The number of ketones is 2. The summed E-state index contributed by atoms with van der Waals surface area (Å²) in [4.78, 5) is 38.1. The minimum Gasteiger partial charge on any atom is -0.481 e. The van der Waals surface area contributed by atoms with Crippen molar-refractivity contribution >= 4 is 17.5 Å². The molecule has 1 unspecified atom stereocenters. The van der Waals surface area contributed by atoms with Gasteiger partial charge < -0.3 is 5.11 Å². The maximum atomic E-state index is 13.7. The Morgan fingerprint density at radius 3 is 2.31 bits per heavy atom. The highest BCUT2D eigenvalue weighted by Crippen LogP contribution is 2.74. The summed E-state index contributed by atoms with van der Waals surface area (Å²) in [5, 5.41) is 9.69. The van der Waals surface area contributed by atoms with Crippen molar-refractivity contribution in [3.05, 3.63) is 11.6 Å². The second-order valence-electron chi connectivity index (χ2n) is 11.7. The molecule has 0 aromatic carbocycles. The molecule has 4 aliphatic carbocycles. The summed E-state index contributed by atoms with van der Waals surface area (Å²) in [5.74, 6) is -0.387. The van der Waals surface area contributed by atoms with Gasteiger partial charge in [-0.3, -0.25) is 14.4 Å². The Hall–Kier alpha value is -1.45. The number of carboxylic acid groups (broad SMARTS) is 1. The Labute approximate surface area is 174 Å². The number of fused-ring (bicyclic) bond motifs is 5. The van der Waals surface area contributed by atoms with Gasteiger partial charge in [-0.2, -0.15) is 0 Å². The molecule has 0 amide bonds. The number of carboxylic acids is 1. The quantitative estimate of drug-likeness (QED) is 0.703. The SMILES string of the molecule is CC(C(=O)O)[C@H]1CC[C@@]2(C)[C@@H]3C(=O)C=C4[C@@H](CCC(=O)C4(C)C)[C@]3(C)CC[C@]12C. The van der Waals surface area contributed by atoms with Crippen LogP contribution in [0.5, 0.6) is 0 Å². The zero-order valence-electron chi connectivity index (χ0n) is 18.8. The Kier molecular flexibility index (Phi) is 4.34. The molecular weight excluding hydrogens is 364 g/mol. The van der Waals surface area contributed by atoms with Crippen LogP contribution < -0.4 is 0 Å². The van der Waals surface area contributed by atoms with Crippen molar-refractivity contribution in [2.75, 3.05) is 0 Å². The molecule has 0 spiro atoms. The van der Waals surface area contributed by atoms with Crippen LogP contribution in [0.1, 0.15) is 80.1 Å². The van der Waals surface area contributed by atoms with Crippen LogP contribution in [-0.2, 0) is 14.4 Å². The fourth-order valence-corrected chi connectivity index (χ4v) is 8.36. The van der Waals surface area contributed by atoms with Crippen LogP contribution in [0.2, 0.25) is 0 Å². The monoisotopic (exact) mass is 400 g/mol. The Bertz CT molecular complexity index is 823. The molecule has 3 saturated carbocycles. The van der Waals surface area contributed by atoms with E-state index in [0.717, 1.165) is 37.7 Å². The number of aliphatic carboxylic acids is 1. The standard InChI is InChI=1S/C25H36O4/c1-14(21(28)29)15-9-10-25(6)20-18(26)13-17-16(7-8-19(27)22(17,2)3)23(20,4)11-12-24(15,25)5/h13-16,20H,7-12H2,1-6H3,(H,28,29)/t14?,15-,16-,20-,23+,24-,25+/m1/s1. The van der Waals surface area contributed by atoms with Crippen molar-refractivity contribution in [3.63, 3.8) is 0 Å². The summed E-state index contributed by atoms with van der Waals surface area (Å²) in [6.45, 7) is 12.6. The lowest BCUT2D eigenvalue weighted by Gasteiger charge is -2.64. The van der Waals surface area contributed by atoms with Gasteiger partial charge in [-0.25, -0.2) is 0 Å². The van der Waals surface area contributed by atoms with Gasteiger partial charge in [-0.05, 0) is 85.7 Å². The van der Waals surface area contributed by atoms with Crippen LogP contribution in [-0.4, -0.2) is 22.6 Å². The van der Waals surface area contributed by atoms with E-state index in [1.807, 2.05) is 26.8 Å². The van der Waals surface area contributed by atoms with E-state index < -0.39 is 11.4 Å². The van der Waals surface area contributed by atoms with E-state index in [1.54, 1.807) is 0 Å². The van der Waals surface area contributed by atoms with Crippen molar-refractivity contribution < 1.29 is 19.5 Å². The predicted molar refractivity (Wildman–Crippen MR) is 111 cm³/mol. The molecule has 0 aromatic heterocycles. The van der Waals surface area contributed by atoms with Gasteiger partial charge in [0.25, 0.3) is 0 Å². The van der Waals surface area contributed by atoms with Gasteiger partial charge in [0.15, 0.2) is 5.78 Å². The van der Waals surface area contributed by atoms with E-state index in [4.69, 9.17) is 0 Å². The minimum absolute atomic E-state index is 0.0857. The summed E-state index contributed by atoms with van der Waals surface area (Å²) >= 11 is 0. The van der Waals surface area contributed by atoms with Gasteiger partial charge in [0.2, 0.25) is 0 Å². The molecule has 7 atom stereocenters. The van der Waals surface area contributed by atoms with Gasteiger partial charge in [-0.1, -0.05) is 27.7 Å². The van der Waals surface area contributed by atoms with Crippen LogP contribution in [0.15, 0.2) is 11.6 Å². The van der Waals surface area contributed by atoms with Crippen LogP contribution >= 0.6 is 0 Å². The first-order chi connectivity index (χ1) is 13.3.